The molecule has 0 radical (unpaired) electrons. The molecule has 3 amide bonds. The van der Waals surface area contributed by atoms with Crippen molar-refractivity contribution in [3.8, 4) is 79.8 Å². The van der Waals surface area contributed by atoms with Crippen molar-refractivity contribution in [2.24, 2.45) is 0 Å². The number of aromatic amines is 3. The number of likely N-dealkylation sites (tertiary alicyclic amines) is 3. The second-order valence-corrected chi connectivity index (χ2v) is 25.6. The van der Waals surface area contributed by atoms with E-state index < -0.39 is 63.3 Å². The molecule has 3 fully saturated rings. The van der Waals surface area contributed by atoms with Crippen LogP contribution in [0.15, 0.2) is 167 Å². The number of aromatic nitrogens is 10. The third-order valence-corrected chi connectivity index (χ3v) is 18.8. The first-order valence-corrected chi connectivity index (χ1v) is 34.2. The molecule has 0 spiro atoms. The molecular formula is C77H68F6N16O9. The van der Waals surface area contributed by atoms with Gasteiger partial charge in [-0.2, -0.15) is 20.4 Å². The minimum absolute atomic E-state index is 0.0772. The van der Waals surface area contributed by atoms with E-state index in [0.717, 1.165) is 67.6 Å². The number of fused-ring (bicyclic) bond motifs is 3. The molecule has 6 aromatic heterocycles. The van der Waals surface area contributed by atoms with Crippen LogP contribution in [0.1, 0.15) is 70.5 Å². The fourth-order valence-electron chi connectivity index (χ4n) is 13.7. The maximum Gasteiger partial charge on any atom is 0.298 e. The summed E-state index contributed by atoms with van der Waals surface area (Å²) in [6.45, 7) is 10.1. The number of nitrogens with zero attached hydrogens (tertiary/aromatic N) is 10. The van der Waals surface area contributed by atoms with Crippen molar-refractivity contribution in [3.63, 3.8) is 0 Å². The van der Waals surface area contributed by atoms with Crippen molar-refractivity contribution in [1.82, 2.24) is 64.2 Å². The van der Waals surface area contributed by atoms with Gasteiger partial charge in [0.25, 0.3) is 22.6 Å². The van der Waals surface area contributed by atoms with Crippen LogP contribution in [0.25, 0.3) is 66.2 Å². The second kappa shape index (κ2) is 31.1. The molecule has 9 heterocycles. The van der Waals surface area contributed by atoms with Gasteiger partial charge in [-0.25, -0.2) is 41.6 Å². The van der Waals surface area contributed by atoms with Gasteiger partial charge in [0.15, 0.2) is 69.6 Å². The number of carbonyl (C=O) groups is 3. The van der Waals surface area contributed by atoms with Gasteiger partial charge in [-0.1, -0.05) is 61.9 Å². The quantitative estimate of drug-likeness (QED) is 0.0335. The number of rotatable bonds is 14. The van der Waals surface area contributed by atoms with Crippen LogP contribution >= 0.6 is 0 Å². The molecule has 552 valence electrons. The van der Waals surface area contributed by atoms with Gasteiger partial charge in [0.1, 0.15) is 39.5 Å². The Morgan fingerprint density at radius 3 is 1.32 bits per heavy atom. The number of piperidine rings is 2. The Labute approximate surface area is 609 Å². The number of ether oxygens (including phenoxy) is 3. The van der Waals surface area contributed by atoms with Crippen LogP contribution in [0, 0.1) is 46.7 Å². The van der Waals surface area contributed by atoms with E-state index in [1.165, 1.54) is 36.4 Å². The minimum Gasteiger partial charge on any atom is -0.451 e. The maximum atomic E-state index is 14.0. The molecule has 0 unspecified atom stereocenters. The van der Waals surface area contributed by atoms with Crippen LogP contribution in [-0.4, -0.2) is 121 Å². The number of nitrogens with one attached hydrogen (secondary N) is 3. The molecule has 0 aliphatic carbocycles. The summed E-state index contributed by atoms with van der Waals surface area (Å²) in [6, 6.07) is 29.5. The number of hydrogen-bond donors (Lipinski definition) is 6. The minimum atomic E-state index is -0.823. The highest BCUT2D eigenvalue weighted by Crippen LogP contribution is 2.41. The third kappa shape index (κ3) is 14.7. The summed E-state index contributed by atoms with van der Waals surface area (Å²) in [7, 11) is 0. The first-order chi connectivity index (χ1) is 52.1. The number of amides is 3. The second-order valence-electron chi connectivity index (χ2n) is 25.6. The Kier molecular flexibility index (Phi) is 21.0. The largest absolute Gasteiger partial charge is 0.451 e. The molecular weight excluding hydrogens is 1410 g/mol. The zero-order valence-electron chi connectivity index (χ0n) is 57.9. The first-order valence-electron chi connectivity index (χ1n) is 34.2. The lowest BCUT2D eigenvalue weighted by molar-refractivity contribution is -0.132. The number of halogens is 6. The van der Waals surface area contributed by atoms with Crippen LogP contribution in [-0.2, 0) is 14.4 Å². The van der Waals surface area contributed by atoms with Gasteiger partial charge in [0.05, 0.1) is 34.3 Å². The predicted octanol–water partition coefficient (Wildman–Crippen LogP) is 12.2. The number of nitrogens with two attached hydrogens (primary N) is 3. The van der Waals surface area contributed by atoms with Gasteiger partial charge in [-0.3, -0.25) is 33.4 Å². The van der Waals surface area contributed by atoms with Gasteiger partial charge >= 0.3 is 0 Å². The van der Waals surface area contributed by atoms with E-state index in [-0.39, 0.29) is 81.6 Å². The highest BCUT2D eigenvalue weighted by Gasteiger charge is 2.33. The van der Waals surface area contributed by atoms with Gasteiger partial charge in [0.2, 0.25) is 11.8 Å². The number of para-hydroxylation sites is 3. The Hall–Kier alpha value is -13.4. The summed E-state index contributed by atoms with van der Waals surface area (Å²) < 4.78 is 105. The van der Waals surface area contributed by atoms with E-state index in [1.807, 2.05) is 33.4 Å². The molecule has 15 rings (SSSR count). The Morgan fingerprint density at radius 2 is 0.907 bits per heavy atom. The zero-order chi connectivity index (χ0) is 76.2. The summed E-state index contributed by atoms with van der Waals surface area (Å²) in [5.41, 5.74) is 22.0. The van der Waals surface area contributed by atoms with E-state index in [1.54, 1.807) is 82.1 Å². The van der Waals surface area contributed by atoms with Gasteiger partial charge in [-0.05, 0) is 147 Å². The highest BCUT2D eigenvalue weighted by atomic mass is 19.2. The van der Waals surface area contributed by atoms with Crippen molar-refractivity contribution in [3.05, 3.63) is 218 Å². The monoisotopic (exact) mass is 1470 g/mol. The molecule has 0 saturated carbocycles. The number of carbonyl (C=O) groups excluding carboxylic acids is 3. The molecule has 12 aromatic rings. The van der Waals surface area contributed by atoms with Gasteiger partial charge in [-0.15, -0.1) is 0 Å². The SMILES string of the molecule is C=CC(=O)N1CCC[C@H](n2cc(-c3ccc(Oc4c(F)cccc4F)cc3)c3c(N)n[nH]c(=O)c32)C1.CC#CC(=O)N1CC[C@@H](n2nc(-c3ccc(Oc4c(F)cccc4F)cc3)c3c(N)n[nH]c(=O)c32)C1.CCC(=O)N1CCC[C@@H](n2cc(-c3ccc(Oc4c(F)cccc4F)cc3)c3c(N)n[nH]c(=O)c32)C1. The topological polar surface area (TPSA) is 332 Å². The lowest BCUT2D eigenvalue weighted by Crippen LogP contribution is -2.40. The van der Waals surface area contributed by atoms with Crippen LogP contribution in [0.5, 0.6) is 34.5 Å². The number of anilines is 3. The lowest BCUT2D eigenvalue weighted by Gasteiger charge is -2.33. The molecule has 0 bridgehead atoms. The van der Waals surface area contributed by atoms with E-state index in [2.05, 4.69) is 54.1 Å². The molecule has 3 saturated heterocycles. The summed E-state index contributed by atoms with van der Waals surface area (Å²) in [4.78, 5) is 80.4. The fraction of sp³-hybridized carbons (Fsp3) is 0.221. The van der Waals surface area contributed by atoms with E-state index in [9.17, 15) is 55.1 Å². The summed E-state index contributed by atoms with van der Waals surface area (Å²) in [5.74, 6) is -0.479. The molecule has 9 N–H and O–H groups in total. The smallest absolute Gasteiger partial charge is 0.298 e. The van der Waals surface area contributed by atoms with Crippen LogP contribution < -0.4 is 48.1 Å². The van der Waals surface area contributed by atoms with Crippen LogP contribution in [0.2, 0.25) is 0 Å². The Morgan fingerprint density at radius 1 is 0.519 bits per heavy atom. The third-order valence-electron chi connectivity index (χ3n) is 18.8. The molecule has 31 heteroatoms. The Balaban J connectivity index is 0.000000143. The molecule has 6 aromatic carbocycles. The fourth-order valence-corrected chi connectivity index (χ4v) is 13.7. The normalized spacial score (nSPS) is 15.6. The number of H-pyrrole nitrogens is 3. The average Bonchev–Trinajstić information content (AvgIpc) is 1.61. The Bertz CT molecular complexity index is 5670. The van der Waals surface area contributed by atoms with E-state index >= 15 is 0 Å². The predicted molar refractivity (Wildman–Crippen MR) is 392 cm³/mol. The highest BCUT2D eigenvalue weighted by molar-refractivity contribution is 6.04. The van der Waals surface area contributed by atoms with Crippen molar-refractivity contribution < 1.29 is 54.9 Å². The summed E-state index contributed by atoms with van der Waals surface area (Å²) >= 11 is 0. The van der Waals surface area contributed by atoms with E-state index in [0.29, 0.717) is 107 Å². The molecule has 3 atom stereocenters. The lowest BCUT2D eigenvalue weighted by atomic mass is 10.0. The van der Waals surface area contributed by atoms with Crippen LogP contribution in [0.3, 0.4) is 0 Å². The number of benzene rings is 6. The average molecular weight is 1480 g/mol. The number of hydrogen-bond acceptors (Lipinski definition) is 16. The van der Waals surface area contributed by atoms with Gasteiger partial charge < -0.3 is 55.2 Å². The molecule has 3 aliphatic heterocycles. The van der Waals surface area contributed by atoms with Crippen molar-refractivity contribution in [2.75, 3.05) is 56.5 Å². The summed E-state index contributed by atoms with van der Waals surface area (Å²) in [5, 5.41) is 25.1. The van der Waals surface area contributed by atoms with Gasteiger partial charge in [0, 0.05) is 74.8 Å². The number of nitrogen functional groups attached to an aromatic ring is 3. The van der Waals surface area contributed by atoms with Crippen molar-refractivity contribution in [2.45, 2.75) is 70.5 Å². The van der Waals surface area contributed by atoms with Crippen LogP contribution in [0.4, 0.5) is 43.8 Å². The maximum absolute atomic E-state index is 14.0. The molecule has 3 aliphatic rings. The molecule has 25 nitrogen and oxygen atoms in total. The standard InChI is InChI=1S/C26H25F2N5O3.C26H23F2N5O3.C25H20F2N6O3/c2*1-2-21(34)32-12-4-5-16(13-32)33-14-18(22-23(33)26(35)31-30-25(22)29)15-8-10-17(11-9-15)36-24-19(27)6-3-7-20(24)28;1-2-4-19(34)32-12-11-15(13-32)33-22-20(24(28)29-30-25(22)35)21(31-33)14-7-9-16(10-8-14)36-23-17(26)5-3-6-18(23)27/h3,6-11,14,16H,2,4-5,12-13H2,1H3,(H2,29,30)(H,31,35);2-3,6-11,14,16H,1,4-5,12-13H2,(H2,29,30)(H,31,35);3,5-10,15H,11-13H2,1H3,(H2,28,29)(H,30,35)/t2*16-;15-/m101/s1. The summed E-state index contributed by atoms with van der Waals surface area (Å²) in [6.07, 6.45) is 9.15. The van der Waals surface area contributed by atoms with E-state index in [4.69, 9.17) is 31.4 Å². The molecule has 108 heavy (non-hydrogen) atoms. The first kappa shape index (κ1) is 72.9. The van der Waals surface area contributed by atoms with Crippen molar-refractivity contribution >= 4 is 67.9 Å². The van der Waals surface area contributed by atoms with Crippen molar-refractivity contribution in [1.29, 1.82) is 0 Å². The zero-order valence-corrected chi connectivity index (χ0v) is 57.9.